The molecule has 2 saturated heterocycles. The molecule has 9 rings (SSSR count). The number of benzene rings is 1. The van der Waals surface area contributed by atoms with Gasteiger partial charge in [-0.3, -0.25) is 9.69 Å². The number of amides is 1. The number of pyridine rings is 1. The number of hydrogen-bond donors (Lipinski definition) is 2. The number of nitrogens with zero attached hydrogens (tertiary/aromatic N) is 5. The summed E-state index contributed by atoms with van der Waals surface area (Å²) in [6, 6.07) is 8.96. The maximum absolute atomic E-state index is 15.5. The smallest absolute Gasteiger partial charge is 0.234 e. The lowest BCUT2D eigenvalue weighted by atomic mass is 10.1. The Morgan fingerprint density at radius 3 is 2.54 bits per heavy atom. The van der Waals surface area contributed by atoms with Crippen molar-refractivity contribution in [2.75, 3.05) is 55.5 Å². The van der Waals surface area contributed by atoms with Gasteiger partial charge in [-0.25, -0.2) is 19.3 Å². The first-order valence-corrected chi connectivity index (χ1v) is 18.5. The van der Waals surface area contributed by atoms with E-state index in [1.165, 1.54) is 0 Å². The minimum atomic E-state index is -1.32. The van der Waals surface area contributed by atoms with Crippen molar-refractivity contribution in [3.8, 4) is 16.9 Å². The van der Waals surface area contributed by atoms with Crippen molar-refractivity contribution >= 4 is 33.7 Å². The van der Waals surface area contributed by atoms with E-state index in [4.69, 9.17) is 18.9 Å². The summed E-state index contributed by atoms with van der Waals surface area (Å²) in [4.78, 5) is 31.3. The number of aromatic nitrogens is 3. The normalized spacial score (nSPS) is 24.5. The van der Waals surface area contributed by atoms with Crippen LogP contribution in [0.5, 0.6) is 5.75 Å². The van der Waals surface area contributed by atoms with E-state index in [0.29, 0.717) is 44.5 Å². The molecule has 8 bridgehead atoms. The number of rotatable bonds is 2. The first-order chi connectivity index (χ1) is 21.9. The second kappa shape index (κ2) is 13.3. The van der Waals surface area contributed by atoms with Crippen LogP contribution in [0.4, 0.5) is 21.8 Å². The lowest BCUT2D eigenvalue weighted by Gasteiger charge is -2.45. The van der Waals surface area contributed by atoms with Crippen LogP contribution in [0, 0.1) is 5.82 Å². The molecule has 3 aromatic rings. The number of nitrogens with one attached hydrogen (secondary N) is 2. The van der Waals surface area contributed by atoms with Gasteiger partial charge >= 0.3 is 0 Å². The minimum Gasteiger partial charge on any atom is -0.487 e. The molecule has 248 valence electrons. The van der Waals surface area contributed by atoms with Crippen LogP contribution in [0.15, 0.2) is 48.9 Å². The molecule has 10 nitrogen and oxygen atoms in total. The van der Waals surface area contributed by atoms with Gasteiger partial charge in [0.2, 0.25) is 11.9 Å². The number of piperidine rings is 1. The second-order valence-corrected chi connectivity index (χ2v) is 17.7. The molecular formula is C34H46FN7O3S. The highest BCUT2D eigenvalue weighted by molar-refractivity contribution is 8.29. The SMILES string of the molecule is CC(C)(C)S(C)(C)OC1CC2CCNC(=O)CN3CCC(CC3)Oc3cccc(c3F)Nc3cc(ccn3)-c3cnc(nc3)N2C1. The van der Waals surface area contributed by atoms with E-state index in [9.17, 15) is 4.79 Å². The van der Waals surface area contributed by atoms with E-state index in [1.807, 2.05) is 24.5 Å². The van der Waals surface area contributed by atoms with Crippen LogP contribution in [-0.4, -0.2) is 94.0 Å². The fourth-order valence-electron chi connectivity index (χ4n) is 6.08. The monoisotopic (exact) mass is 651 g/mol. The fraction of sp³-hybridized carbons (Fsp3) is 0.529. The molecule has 2 N–H and O–H groups in total. The molecule has 8 heterocycles. The van der Waals surface area contributed by atoms with Crippen LogP contribution in [0.25, 0.3) is 11.1 Å². The van der Waals surface area contributed by atoms with E-state index in [0.717, 1.165) is 36.8 Å². The molecular weight excluding hydrogens is 605 g/mol. The molecule has 2 atom stereocenters. The van der Waals surface area contributed by atoms with Gasteiger partial charge in [0.25, 0.3) is 0 Å². The summed E-state index contributed by atoms with van der Waals surface area (Å²) in [5, 5.41) is 6.26. The summed E-state index contributed by atoms with van der Waals surface area (Å²) in [5.74, 6) is 0.898. The predicted octanol–water partition coefficient (Wildman–Crippen LogP) is 5.53. The Bertz CT molecular complexity index is 1530. The highest BCUT2D eigenvalue weighted by atomic mass is 32.3. The van der Waals surface area contributed by atoms with Crippen molar-refractivity contribution in [2.45, 2.75) is 69.5 Å². The van der Waals surface area contributed by atoms with E-state index < -0.39 is 16.1 Å². The zero-order valence-electron chi connectivity index (χ0n) is 27.5. The molecule has 0 aliphatic carbocycles. The van der Waals surface area contributed by atoms with Crippen LogP contribution >= 0.6 is 10.3 Å². The maximum Gasteiger partial charge on any atom is 0.234 e. The van der Waals surface area contributed by atoms with E-state index in [-0.39, 0.29) is 40.3 Å². The second-order valence-electron chi connectivity index (χ2n) is 13.8. The molecule has 2 fully saturated rings. The quantitative estimate of drug-likeness (QED) is 0.370. The van der Waals surface area contributed by atoms with Crippen LogP contribution in [0.2, 0.25) is 0 Å². The van der Waals surface area contributed by atoms with Gasteiger partial charge < -0.3 is 24.5 Å². The number of anilines is 3. The Morgan fingerprint density at radius 2 is 1.80 bits per heavy atom. The third kappa shape index (κ3) is 7.39. The van der Waals surface area contributed by atoms with Crippen LogP contribution in [-0.2, 0) is 8.98 Å². The van der Waals surface area contributed by atoms with Gasteiger partial charge in [0.15, 0.2) is 11.6 Å². The Labute approximate surface area is 273 Å². The third-order valence-electron chi connectivity index (χ3n) is 9.44. The first kappa shape index (κ1) is 32.5. The highest BCUT2D eigenvalue weighted by Crippen LogP contribution is 2.55. The lowest BCUT2D eigenvalue weighted by Crippen LogP contribution is -2.44. The zero-order chi connectivity index (χ0) is 32.5. The molecule has 6 aliphatic heterocycles. The van der Waals surface area contributed by atoms with Crippen molar-refractivity contribution in [1.82, 2.24) is 25.2 Å². The van der Waals surface area contributed by atoms with E-state index in [1.54, 1.807) is 24.4 Å². The molecule has 1 aromatic carbocycles. The molecule has 2 aromatic heterocycles. The van der Waals surface area contributed by atoms with Crippen LogP contribution < -0.4 is 20.3 Å². The number of halogens is 1. The van der Waals surface area contributed by atoms with Crippen molar-refractivity contribution in [2.24, 2.45) is 0 Å². The van der Waals surface area contributed by atoms with Crippen molar-refractivity contribution in [3.63, 3.8) is 0 Å². The summed E-state index contributed by atoms with van der Waals surface area (Å²) in [6.07, 6.45) is 12.7. The van der Waals surface area contributed by atoms with Gasteiger partial charge in [-0.05, 0) is 68.0 Å². The standard InChI is InChI=1S/C34H46FN7O3S/c1-34(2,3)46(4,5)45-27-18-25-10-14-37-31(43)22-41-15-11-26(12-16-41)44-29-8-6-7-28(32(29)35)40-30-17-23(9-13-36-30)24-19-38-33(39-20-24)42(25)21-27/h6-9,13,17,19-20,25-27H,10-12,14-16,18,21-22H2,1-5H3,(H,36,40)(H,37,43). The minimum absolute atomic E-state index is 0.00852. The molecule has 0 saturated carbocycles. The maximum atomic E-state index is 15.5. The zero-order valence-corrected chi connectivity index (χ0v) is 28.3. The van der Waals surface area contributed by atoms with Crippen molar-refractivity contribution in [3.05, 3.63) is 54.7 Å². The average Bonchev–Trinajstić information content (AvgIpc) is 3.41. The molecule has 12 heteroatoms. The number of ether oxygens (including phenoxy) is 1. The lowest BCUT2D eigenvalue weighted by molar-refractivity contribution is -0.122. The van der Waals surface area contributed by atoms with Crippen molar-refractivity contribution < 1.29 is 18.1 Å². The average molecular weight is 652 g/mol. The number of carbonyl (C=O) groups is 1. The van der Waals surface area contributed by atoms with E-state index in [2.05, 4.69) is 58.7 Å². The van der Waals surface area contributed by atoms with Crippen LogP contribution in [0.1, 0.15) is 46.5 Å². The van der Waals surface area contributed by atoms with Crippen molar-refractivity contribution in [1.29, 1.82) is 0 Å². The molecule has 0 radical (unpaired) electrons. The van der Waals surface area contributed by atoms with Gasteiger partial charge in [-0.1, -0.05) is 26.8 Å². The summed E-state index contributed by atoms with van der Waals surface area (Å²) in [7, 11) is -1.32. The fourth-order valence-corrected chi connectivity index (χ4v) is 7.19. The third-order valence-corrected chi connectivity index (χ3v) is 13.1. The highest BCUT2D eigenvalue weighted by Gasteiger charge is 2.39. The summed E-state index contributed by atoms with van der Waals surface area (Å²) >= 11 is 0. The Hall–Kier alpha value is -3.48. The first-order valence-electron chi connectivity index (χ1n) is 16.1. The predicted molar refractivity (Wildman–Crippen MR) is 182 cm³/mol. The largest absolute Gasteiger partial charge is 0.487 e. The van der Waals surface area contributed by atoms with E-state index >= 15 is 4.39 Å². The molecule has 0 spiro atoms. The van der Waals surface area contributed by atoms with Gasteiger partial charge in [0.05, 0.1) is 18.3 Å². The Balaban J connectivity index is 1.28. The molecule has 1 amide bonds. The number of hydrogen-bond acceptors (Lipinski definition) is 9. The number of carbonyl (C=O) groups excluding carboxylic acids is 1. The molecule has 46 heavy (non-hydrogen) atoms. The molecule has 2 unspecified atom stereocenters. The van der Waals surface area contributed by atoms with Gasteiger partial charge in [0.1, 0.15) is 11.9 Å². The van der Waals surface area contributed by atoms with Gasteiger partial charge in [-0.15, -0.1) is 10.3 Å². The Kier molecular flexibility index (Phi) is 9.40. The topological polar surface area (TPSA) is 105 Å². The van der Waals surface area contributed by atoms with Crippen LogP contribution in [0.3, 0.4) is 0 Å². The van der Waals surface area contributed by atoms with Gasteiger partial charge in [0, 0.05) is 61.1 Å². The summed E-state index contributed by atoms with van der Waals surface area (Å²) in [5.41, 5.74) is 1.97. The molecule has 6 aliphatic rings. The Morgan fingerprint density at radius 1 is 1.04 bits per heavy atom. The summed E-state index contributed by atoms with van der Waals surface area (Å²) < 4.78 is 28.5. The summed E-state index contributed by atoms with van der Waals surface area (Å²) in [6.45, 7) is 9.71. The van der Waals surface area contributed by atoms with Gasteiger partial charge in [-0.2, -0.15) is 0 Å².